The number of carboxylic acids is 1. The number of likely N-dealkylation sites (tertiary alicyclic amines) is 1. The summed E-state index contributed by atoms with van der Waals surface area (Å²) in [6.07, 6.45) is 0.806. The van der Waals surface area contributed by atoms with Crippen molar-refractivity contribution in [2.75, 3.05) is 33.7 Å². The van der Waals surface area contributed by atoms with Gasteiger partial charge in [-0.2, -0.15) is 0 Å². The summed E-state index contributed by atoms with van der Waals surface area (Å²) in [5, 5.41) is 9.00. The lowest BCUT2D eigenvalue weighted by Gasteiger charge is -2.31. The van der Waals surface area contributed by atoms with E-state index in [9.17, 15) is 22.8 Å². The second-order valence-corrected chi connectivity index (χ2v) is 8.27. The maximum Gasteiger partial charge on any atom is 0.306 e. The highest BCUT2D eigenvalue weighted by molar-refractivity contribution is 7.89. The molecule has 0 atom stereocenters. The third kappa shape index (κ3) is 5.04. The Kier molecular flexibility index (Phi) is 6.55. The molecule has 0 spiro atoms. The van der Waals surface area contributed by atoms with Gasteiger partial charge < -0.3 is 14.9 Å². The van der Waals surface area contributed by atoms with Gasteiger partial charge in [-0.3, -0.25) is 14.4 Å². The standard InChI is InChI=1S/C17H23N3O6S/c1-18-27(25,26)14-5-3-12(4-6-14)16(22)19(2)11-15(21)20-9-7-13(8-10-20)17(23)24/h3-6,13,18H,7-11H2,1-2H3,(H,23,24). The molecule has 9 nitrogen and oxygen atoms in total. The largest absolute Gasteiger partial charge is 0.481 e. The Labute approximate surface area is 158 Å². The first-order chi connectivity index (χ1) is 12.7. The predicted octanol–water partition coefficient (Wildman–Crippen LogP) is -0.0101. The number of rotatable bonds is 6. The number of piperidine rings is 1. The van der Waals surface area contributed by atoms with E-state index < -0.39 is 27.8 Å². The SMILES string of the molecule is CNS(=O)(=O)c1ccc(C(=O)N(C)CC(=O)N2CCC(C(=O)O)CC2)cc1. The molecule has 2 amide bonds. The molecule has 0 radical (unpaired) electrons. The minimum Gasteiger partial charge on any atom is -0.481 e. The number of benzene rings is 1. The van der Waals surface area contributed by atoms with Crippen LogP contribution in [0.4, 0.5) is 0 Å². The average Bonchev–Trinajstić information content (AvgIpc) is 2.67. The Morgan fingerprint density at radius 3 is 2.22 bits per heavy atom. The molecule has 27 heavy (non-hydrogen) atoms. The summed E-state index contributed by atoms with van der Waals surface area (Å²) in [6, 6.07) is 5.44. The van der Waals surface area contributed by atoms with E-state index >= 15 is 0 Å². The molecule has 0 unspecified atom stereocenters. The van der Waals surface area contributed by atoms with Crippen LogP contribution >= 0.6 is 0 Å². The fourth-order valence-corrected chi connectivity index (χ4v) is 3.60. The van der Waals surface area contributed by atoms with Gasteiger partial charge in [0.25, 0.3) is 5.91 Å². The van der Waals surface area contributed by atoms with Gasteiger partial charge in [-0.25, -0.2) is 13.1 Å². The molecular weight excluding hydrogens is 374 g/mol. The molecule has 0 aromatic heterocycles. The Bertz CT molecular complexity index is 814. The highest BCUT2D eigenvalue weighted by Gasteiger charge is 2.28. The van der Waals surface area contributed by atoms with E-state index in [1.54, 1.807) is 4.90 Å². The molecule has 1 aromatic carbocycles. The second-order valence-electron chi connectivity index (χ2n) is 6.39. The zero-order valence-electron chi connectivity index (χ0n) is 15.2. The fourth-order valence-electron chi connectivity index (χ4n) is 2.87. The van der Waals surface area contributed by atoms with Crippen LogP contribution in [0.3, 0.4) is 0 Å². The number of aliphatic carboxylic acids is 1. The van der Waals surface area contributed by atoms with Gasteiger partial charge in [-0.15, -0.1) is 0 Å². The Morgan fingerprint density at radius 2 is 1.74 bits per heavy atom. The lowest BCUT2D eigenvalue weighted by Crippen LogP contribution is -2.45. The molecule has 1 fully saturated rings. The monoisotopic (exact) mass is 397 g/mol. The van der Waals surface area contributed by atoms with Gasteiger partial charge in [-0.05, 0) is 44.2 Å². The van der Waals surface area contributed by atoms with Crippen molar-refractivity contribution in [1.82, 2.24) is 14.5 Å². The van der Waals surface area contributed by atoms with E-state index in [1.165, 1.54) is 43.3 Å². The van der Waals surface area contributed by atoms with Gasteiger partial charge in [0, 0.05) is 25.7 Å². The molecule has 1 aromatic rings. The number of amides is 2. The summed E-state index contributed by atoms with van der Waals surface area (Å²) in [5.74, 6) is -1.93. The van der Waals surface area contributed by atoms with Gasteiger partial charge in [-0.1, -0.05) is 0 Å². The van der Waals surface area contributed by atoms with Crippen LogP contribution in [0, 0.1) is 5.92 Å². The van der Waals surface area contributed by atoms with Gasteiger partial charge in [0.05, 0.1) is 17.4 Å². The van der Waals surface area contributed by atoms with Gasteiger partial charge >= 0.3 is 5.97 Å². The van der Waals surface area contributed by atoms with Crippen LogP contribution in [0.25, 0.3) is 0 Å². The summed E-state index contributed by atoms with van der Waals surface area (Å²) >= 11 is 0. The first-order valence-corrected chi connectivity index (χ1v) is 9.93. The number of sulfonamides is 1. The molecular formula is C17H23N3O6S. The van der Waals surface area contributed by atoms with Crippen LogP contribution in [0.15, 0.2) is 29.2 Å². The molecule has 1 aliphatic heterocycles. The number of likely N-dealkylation sites (N-methyl/N-ethyl adjacent to an activating group) is 1. The van der Waals surface area contributed by atoms with E-state index in [0.29, 0.717) is 25.9 Å². The smallest absolute Gasteiger partial charge is 0.306 e. The van der Waals surface area contributed by atoms with Crippen molar-refractivity contribution < 1.29 is 27.9 Å². The van der Waals surface area contributed by atoms with Gasteiger partial charge in [0.15, 0.2) is 0 Å². The molecule has 10 heteroatoms. The van der Waals surface area contributed by atoms with Gasteiger partial charge in [0.1, 0.15) is 0 Å². The van der Waals surface area contributed by atoms with Crippen molar-refractivity contribution >= 4 is 27.8 Å². The maximum atomic E-state index is 12.4. The molecule has 0 aliphatic carbocycles. The quantitative estimate of drug-likeness (QED) is 0.696. The Morgan fingerprint density at radius 1 is 1.19 bits per heavy atom. The van der Waals surface area contributed by atoms with Crippen LogP contribution < -0.4 is 4.72 Å². The molecule has 148 valence electrons. The van der Waals surface area contributed by atoms with E-state index in [0.717, 1.165) is 0 Å². The Balaban J connectivity index is 1.95. The zero-order valence-corrected chi connectivity index (χ0v) is 16.0. The zero-order chi connectivity index (χ0) is 20.2. The van der Waals surface area contributed by atoms with Crippen molar-refractivity contribution in [1.29, 1.82) is 0 Å². The van der Waals surface area contributed by atoms with Crippen LogP contribution in [0.2, 0.25) is 0 Å². The number of hydrogen-bond donors (Lipinski definition) is 2. The first-order valence-electron chi connectivity index (χ1n) is 8.45. The maximum absolute atomic E-state index is 12.4. The minimum absolute atomic E-state index is 0.0431. The number of carbonyl (C=O) groups is 3. The molecule has 1 saturated heterocycles. The number of nitrogens with one attached hydrogen (secondary N) is 1. The predicted molar refractivity (Wildman–Crippen MR) is 96.6 cm³/mol. The van der Waals surface area contributed by atoms with Crippen LogP contribution in [-0.4, -0.2) is 74.8 Å². The lowest BCUT2D eigenvalue weighted by atomic mass is 9.97. The summed E-state index contributed by atoms with van der Waals surface area (Å²) in [5.41, 5.74) is 0.268. The van der Waals surface area contributed by atoms with Gasteiger partial charge in [0.2, 0.25) is 15.9 Å². The molecule has 1 aliphatic rings. The average molecular weight is 397 g/mol. The first kappa shape index (κ1) is 20.8. The molecule has 1 heterocycles. The molecule has 2 N–H and O–H groups in total. The number of nitrogens with zero attached hydrogens (tertiary/aromatic N) is 2. The minimum atomic E-state index is -3.58. The summed E-state index contributed by atoms with van der Waals surface area (Å²) in [7, 11) is -0.795. The highest BCUT2D eigenvalue weighted by atomic mass is 32.2. The topological polar surface area (TPSA) is 124 Å². The van der Waals surface area contributed by atoms with Crippen LogP contribution in [0.5, 0.6) is 0 Å². The lowest BCUT2D eigenvalue weighted by molar-refractivity contribution is -0.145. The molecule has 0 saturated carbocycles. The van der Waals surface area contributed by atoms with Crippen molar-refractivity contribution in [2.24, 2.45) is 5.92 Å². The third-order valence-electron chi connectivity index (χ3n) is 4.60. The van der Waals surface area contributed by atoms with Crippen molar-refractivity contribution in [3.05, 3.63) is 29.8 Å². The normalized spacial score (nSPS) is 15.4. The fraction of sp³-hybridized carbons (Fsp3) is 0.471. The molecule has 0 bridgehead atoms. The van der Waals surface area contributed by atoms with Crippen molar-refractivity contribution in [3.8, 4) is 0 Å². The third-order valence-corrected chi connectivity index (χ3v) is 6.03. The van der Waals surface area contributed by atoms with E-state index in [1.807, 2.05) is 0 Å². The van der Waals surface area contributed by atoms with Crippen molar-refractivity contribution in [2.45, 2.75) is 17.7 Å². The second kappa shape index (κ2) is 8.49. The summed E-state index contributed by atoms with van der Waals surface area (Å²) in [6.45, 7) is 0.579. The van der Waals surface area contributed by atoms with Crippen molar-refractivity contribution in [3.63, 3.8) is 0 Å². The van der Waals surface area contributed by atoms with E-state index in [4.69, 9.17) is 5.11 Å². The summed E-state index contributed by atoms with van der Waals surface area (Å²) in [4.78, 5) is 38.6. The Hall–Kier alpha value is -2.46. The van der Waals surface area contributed by atoms with E-state index in [-0.39, 0.29) is 22.9 Å². The number of carboxylic acid groups (broad SMARTS) is 1. The molecule has 2 rings (SSSR count). The van der Waals surface area contributed by atoms with Crippen LogP contribution in [-0.2, 0) is 19.6 Å². The number of hydrogen-bond acceptors (Lipinski definition) is 5. The van der Waals surface area contributed by atoms with Crippen LogP contribution in [0.1, 0.15) is 23.2 Å². The number of carbonyl (C=O) groups excluding carboxylic acids is 2. The van der Waals surface area contributed by atoms with E-state index in [2.05, 4.69) is 4.72 Å². The summed E-state index contributed by atoms with van der Waals surface area (Å²) < 4.78 is 25.6. The highest BCUT2D eigenvalue weighted by Crippen LogP contribution is 2.18.